The van der Waals surface area contributed by atoms with Gasteiger partial charge in [0, 0.05) is 55.9 Å². The number of thiophene rings is 1. The number of rotatable bonds is 4. The van der Waals surface area contributed by atoms with E-state index in [2.05, 4.69) is 16.0 Å². The zero-order valence-corrected chi connectivity index (χ0v) is 16.8. The van der Waals surface area contributed by atoms with Gasteiger partial charge in [0.2, 0.25) is 0 Å². The van der Waals surface area contributed by atoms with Crippen molar-refractivity contribution in [2.75, 3.05) is 26.2 Å². The second kappa shape index (κ2) is 10.3. The fourth-order valence-corrected chi connectivity index (χ4v) is 3.80. The topological polar surface area (TPSA) is 62.5 Å². The molecule has 9 heteroatoms. The van der Waals surface area contributed by atoms with Crippen LogP contribution < -0.4 is 5.73 Å². The highest BCUT2D eigenvalue weighted by molar-refractivity contribution is 7.16. The number of nitrogens with two attached hydrogens (primary N) is 1. The average Bonchev–Trinajstić information content (AvgIpc) is 3.00. The van der Waals surface area contributed by atoms with E-state index in [-0.39, 0.29) is 30.7 Å². The fraction of sp³-hybridized carbons (Fsp3) is 0.375. The largest absolute Gasteiger partial charge is 0.336 e. The van der Waals surface area contributed by atoms with Crippen molar-refractivity contribution in [1.82, 2.24) is 14.8 Å². The first-order chi connectivity index (χ1) is 11.2. The van der Waals surface area contributed by atoms with Crippen molar-refractivity contribution >= 4 is 53.7 Å². The summed E-state index contributed by atoms with van der Waals surface area (Å²) in [5, 5.41) is 0. The van der Waals surface area contributed by atoms with E-state index in [0.717, 1.165) is 42.8 Å². The molecule has 3 heterocycles. The van der Waals surface area contributed by atoms with Gasteiger partial charge in [-0.05, 0) is 24.3 Å². The summed E-state index contributed by atoms with van der Waals surface area (Å²) in [6.45, 7) is 4.45. The predicted molar refractivity (Wildman–Crippen MR) is 107 cm³/mol. The zero-order chi connectivity index (χ0) is 16.2. The normalized spacial score (nSPS) is 14.6. The van der Waals surface area contributed by atoms with Gasteiger partial charge >= 0.3 is 0 Å². The van der Waals surface area contributed by atoms with Crippen molar-refractivity contribution in [2.24, 2.45) is 5.73 Å². The van der Waals surface area contributed by atoms with Gasteiger partial charge in [0.05, 0.1) is 10.0 Å². The van der Waals surface area contributed by atoms with Crippen LogP contribution in [0.2, 0.25) is 4.34 Å². The van der Waals surface area contributed by atoms with E-state index in [9.17, 15) is 4.79 Å². The lowest BCUT2D eigenvalue weighted by Crippen LogP contribution is -2.48. The minimum Gasteiger partial charge on any atom is -0.336 e. The molecule has 5 nitrogen and oxygen atoms in total. The lowest BCUT2D eigenvalue weighted by atomic mass is 10.2. The van der Waals surface area contributed by atoms with Crippen LogP contribution in [0.1, 0.15) is 20.9 Å². The molecule has 0 aromatic carbocycles. The molecular weight excluding hydrogens is 403 g/mol. The minimum absolute atomic E-state index is 0. The molecule has 0 bridgehead atoms. The van der Waals surface area contributed by atoms with Crippen molar-refractivity contribution in [2.45, 2.75) is 13.1 Å². The number of aromatic nitrogens is 1. The molecule has 0 atom stereocenters. The quantitative estimate of drug-likeness (QED) is 0.821. The van der Waals surface area contributed by atoms with E-state index in [4.69, 9.17) is 17.3 Å². The van der Waals surface area contributed by atoms with Crippen molar-refractivity contribution in [1.29, 1.82) is 0 Å². The number of amides is 1. The Morgan fingerprint density at radius 1 is 1.20 bits per heavy atom. The van der Waals surface area contributed by atoms with Gasteiger partial charge < -0.3 is 10.6 Å². The number of pyridine rings is 1. The Labute approximate surface area is 169 Å². The Balaban J connectivity index is 0.00000156. The Kier molecular flexibility index (Phi) is 9.13. The number of hydrogen-bond donors (Lipinski definition) is 1. The fourth-order valence-electron chi connectivity index (χ4n) is 2.67. The number of hydrogen-bond acceptors (Lipinski definition) is 5. The summed E-state index contributed by atoms with van der Waals surface area (Å²) in [6, 6.07) is 7.53. The maximum absolute atomic E-state index is 12.6. The van der Waals surface area contributed by atoms with Gasteiger partial charge in [-0.2, -0.15) is 0 Å². The highest BCUT2D eigenvalue weighted by Crippen LogP contribution is 2.23. The van der Waals surface area contributed by atoms with Gasteiger partial charge in [-0.25, -0.2) is 0 Å². The molecule has 1 aliphatic heterocycles. The minimum atomic E-state index is 0. The maximum Gasteiger partial charge on any atom is 0.254 e. The van der Waals surface area contributed by atoms with Crippen molar-refractivity contribution in [3.63, 3.8) is 0 Å². The Bertz CT molecular complexity index is 690. The predicted octanol–water partition coefficient (Wildman–Crippen LogP) is 3.06. The average molecular weight is 424 g/mol. The third-order valence-electron chi connectivity index (χ3n) is 3.94. The summed E-state index contributed by atoms with van der Waals surface area (Å²) in [6.07, 6.45) is 1.65. The Morgan fingerprint density at radius 2 is 1.92 bits per heavy atom. The van der Waals surface area contributed by atoms with Gasteiger partial charge in [0.15, 0.2) is 0 Å². The number of piperazine rings is 1. The van der Waals surface area contributed by atoms with E-state index < -0.39 is 0 Å². The van der Waals surface area contributed by atoms with Crippen LogP contribution in [-0.4, -0.2) is 46.9 Å². The summed E-state index contributed by atoms with van der Waals surface area (Å²) in [4.78, 5) is 22.2. The first-order valence-corrected chi connectivity index (χ1v) is 8.76. The van der Waals surface area contributed by atoms with Crippen LogP contribution in [-0.2, 0) is 13.1 Å². The molecule has 138 valence electrons. The molecule has 1 amide bonds. The van der Waals surface area contributed by atoms with Crippen molar-refractivity contribution < 1.29 is 4.79 Å². The Morgan fingerprint density at radius 3 is 2.52 bits per heavy atom. The maximum atomic E-state index is 12.6. The van der Waals surface area contributed by atoms with Crippen LogP contribution in [0.3, 0.4) is 0 Å². The highest BCUT2D eigenvalue weighted by atomic mass is 35.5. The molecule has 2 aromatic rings. The third kappa shape index (κ3) is 5.81. The molecule has 0 radical (unpaired) electrons. The molecule has 2 aromatic heterocycles. The van der Waals surface area contributed by atoms with Gasteiger partial charge in [0.25, 0.3) is 5.91 Å². The number of carbonyl (C=O) groups is 1. The SMILES string of the molecule is Cl.Cl.NCc1cc(C(=O)N2CCN(Cc3ccc(Cl)s3)CC2)ccn1. The first kappa shape index (κ1) is 22.2. The molecule has 0 spiro atoms. The summed E-state index contributed by atoms with van der Waals surface area (Å²) in [7, 11) is 0. The van der Waals surface area contributed by atoms with Crippen LogP contribution >= 0.6 is 47.8 Å². The van der Waals surface area contributed by atoms with Gasteiger partial charge in [-0.3, -0.25) is 14.7 Å². The van der Waals surface area contributed by atoms with Gasteiger partial charge in [-0.1, -0.05) is 11.6 Å². The molecular formula is C16H21Cl3N4OS. The summed E-state index contributed by atoms with van der Waals surface area (Å²) < 4.78 is 0.821. The molecule has 1 aliphatic rings. The van der Waals surface area contributed by atoms with Crippen molar-refractivity contribution in [3.05, 3.63) is 50.9 Å². The van der Waals surface area contributed by atoms with Crippen molar-refractivity contribution in [3.8, 4) is 0 Å². The smallest absolute Gasteiger partial charge is 0.254 e. The first-order valence-electron chi connectivity index (χ1n) is 7.56. The van der Waals surface area contributed by atoms with Crippen LogP contribution in [0.4, 0.5) is 0 Å². The van der Waals surface area contributed by atoms with Crippen LogP contribution in [0.5, 0.6) is 0 Å². The molecule has 3 rings (SSSR count). The van der Waals surface area contributed by atoms with E-state index in [1.807, 2.05) is 11.0 Å². The summed E-state index contributed by atoms with van der Waals surface area (Å²) >= 11 is 7.58. The second-order valence-electron chi connectivity index (χ2n) is 5.51. The number of halogens is 3. The van der Waals surface area contributed by atoms with Crippen LogP contribution in [0, 0.1) is 0 Å². The van der Waals surface area contributed by atoms with Crippen LogP contribution in [0.25, 0.3) is 0 Å². The zero-order valence-electron chi connectivity index (χ0n) is 13.6. The molecule has 1 saturated heterocycles. The monoisotopic (exact) mass is 422 g/mol. The van der Waals surface area contributed by atoms with E-state index >= 15 is 0 Å². The van der Waals surface area contributed by atoms with Crippen LogP contribution in [0.15, 0.2) is 30.5 Å². The summed E-state index contributed by atoms with van der Waals surface area (Å²) in [5.41, 5.74) is 6.99. The number of nitrogens with zero attached hydrogens (tertiary/aromatic N) is 3. The Hall–Kier alpha value is -0.890. The lowest BCUT2D eigenvalue weighted by molar-refractivity contribution is 0.0629. The molecule has 2 N–H and O–H groups in total. The second-order valence-corrected chi connectivity index (χ2v) is 7.31. The van der Waals surface area contributed by atoms with E-state index in [1.165, 1.54) is 4.88 Å². The highest BCUT2D eigenvalue weighted by Gasteiger charge is 2.22. The standard InChI is InChI=1S/C16H19ClN4OS.2ClH/c17-15-2-1-14(23-15)11-20-5-7-21(8-6-20)16(22)12-3-4-19-13(9-12)10-18;;/h1-4,9H,5-8,10-11,18H2;2*1H. The molecule has 0 saturated carbocycles. The summed E-state index contributed by atoms with van der Waals surface area (Å²) in [5.74, 6) is 0.0564. The van der Waals surface area contributed by atoms with E-state index in [1.54, 1.807) is 29.7 Å². The van der Waals surface area contributed by atoms with Gasteiger partial charge in [0.1, 0.15) is 0 Å². The molecule has 0 unspecified atom stereocenters. The van der Waals surface area contributed by atoms with E-state index in [0.29, 0.717) is 12.1 Å². The molecule has 25 heavy (non-hydrogen) atoms. The lowest BCUT2D eigenvalue weighted by Gasteiger charge is -2.34. The van der Waals surface area contributed by atoms with Gasteiger partial charge in [-0.15, -0.1) is 36.2 Å². The molecule has 1 fully saturated rings. The molecule has 0 aliphatic carbocycles. The third-order valence-corrected chi connectivity index (χ3v) is 5.16. The number of carbonyl (C=O) groups excluding carboxylic acids is 1.